The van der Waals surface area contributed by atoms with Gasteiger partial charge >= 0.3 is 0 Å². The Labute approximate surface area is 102 Å². The van der Waals surface area contributed by atoms with E-state index in [0.717, 1.165) is 0 Å². The summed E-state index contributed by atoms with van der Waals surface area (Å²) in [6.45, 7) is 4.51. The summed E-state index contributed by atoms with van der Waals surface area (Å²) in [5.41, 5.74) is 1.47. The van der Waals surface area contributed by atoms with Gasteiger partial charge in [-0.1, -0.05) is 79.4 Å². The molecule has 0 bridgehead atoms. The Morgan fingerprint density at radius 3 is 2.33 bits per heavy atom. The van der Waals surface area contributed by atoms with E-state index in [9.17, 15) is 0 Å². The summed E-state index contributed by atoms with van der Waals surface area (Å²) < 4.78 is 0. The van der Waals surface area contributed by atoms with Gasteiger partial charge in [0.25, 0.3) is 0 Å². The van der Waals surface area contributed by atoms with Gasteiger partial charge in [-0.25, -0.2) is 0 Å². The molecule has 84 valence electrons. The number of benzene rings is 1. The number of halogens is 1. The van der Waals surface area contributed by atoms with Crippen molar-refractivity contribution in [3.8, 4) is 0 Å². The molecule has 0 heterocycles. The van der Waals surface area contributed by atoms with Crippen molar-refractivity contribution in [1.82, 2.24) is 0 Å². The highest BCUT2D eigenvalue weighted by Gasteiger charge is 2.15. The lowest BCUT2D eigenvalue weighted by Crippen LogP contribution is -2.08. The quantitative estimate of drug-likeness (QED) is 0.496. The fraction of sp³-hybridized carbons (Fsp3) is 0.571. The van der Waals surface area contributed by atoms with E-state index in [-0.39, 0.29) is 0 Å². The second-order valence-electron chi connectivity index (χ2n) is 4.19. The van der Waals surface area contributed by atoms with Crippen molar-refractivity contribution in [2.24, 2.45) is 0 Å². The first-order valence-corrected chi connectivity index (χ1v) is 6.86. The van der Waals surface area contributed by atoms with Gasteiger partial charge in [0.1, 0.15) is 0 Å². The zero-order chi connectivity index (χ0) is 11.1. The van der Waals surface area contributed by atoms with Gasteiger partial charge in [-0.2, -0.15) is 0 Å². The molecule has 0 fully saturated rings. The Kier molecular flexibility index (Phi) is 6.00. The lowest BCUT2D eigenvalue weighted by Gasteiger charge is -2.19. The van der Waals surface area contributed by atoms with Gasteiger partial charge < -0.3 is 0 Å². The molecule has 2 atom stereocenters. The standard InChI is InChI=1S/C14H21Br/c1-3-4-6-11-14(12(2)15)13-9-7-5-8-10-13/h5,7-10,12,14H,3-4,6,11H2,1-2H3. The van der Waals surface area contributed by atoms with Crippen molar-refractivity contribution in [2.75, 3.05) is 0 Å². The third kappa shape index (κ3) is 4.38. The van der Waals surface area contributed by atoms with Gasteiger partial charge in [-0.3, -0.25) is 0 Å². The van der Waals surface area contributed by atoms with E-state index < -0.39 is 0 Å². The summed E-state index contributed by atoms with van der Waals surface area (Å²) >= 11 is 3.73. The van der Waals surface area contributed by atoms with E-state index in [1.165, 1.54) is 31.2 Å². The highest BCUT2D eigenvalue weighted by Crippen LogP contribution is 2.29. The molecule has 1 aromatic carbocycles. The smallest absolute Gasteiger partial charge is 0.0186 e. The van der Waals surface area contributed by atoms with Crippen molar-refractivity contribution in [1.29, 1.82) is 0 Å². The van der Waals surface area contributed by atoms with Gasteiger partial charge in [0.15, 0.2) is 0 Å². The predicted octanol–water partition coefficient (Wildman–Crippen LogP) is 5.13. The normalized spacial score (nSPS) is 14.9. The Balaban J connectivity index is 2.58. The van der Waals surface area contributed by atoms with Crippen molar-refractivity contribution >= 4 is 15.9 Å². The number of unbranched alkanes of at least 4 members (excludes halogenated alkanes) is 2. The first kappa shape index (κ1) is 12.8. The minimum atomic E-state index is 0.566. The van der Waals surface area contributed by atoms with E-state index in [1.807, 2.05) is 0 Å². The molecular weight excluding hydrogens is 248 g/mol. The molecule has 0 saturated heterocycles. The molecule has 2 unspecified atom stereocenters. The summed E-state index contributed by atoms with van der Waals surface area (Å²) in [5.74, 6) is 0.665. The zero-order valence-corrected chi connectivity index (χ0v) is 11.3. The Morgan fingerprint density at radius 1 is 1.13 bits per heavy atom. The van der Waals surface area contributed by atoms with Crippen LogP contribution < -0.4 is 0 Å². The minimum Gasteiger partial charge on any atom is -0.0887 e. The largest absolute Gasteiger partial charge is 0.0887 e. The molecular formula is C14H21Br. The lowest BCUT2D eigenvalue weighted by molar-refractivity contribution is 0.565. The predicted molar refractivity (Wildman–Crippen MR) is 71.7 cm³/mol. The highest BCUT2D eigenvalue weighted by molar-refractivity contribution is 9.09. The molecule has 0 aromatic heterocycles. The number of hydrogen-bond donors (Lipinski definition) is 0. The average molecular weight is 269 g/mol. The summed E-state index contributed by atoms with van der Waals surface area (Å²) in [6.07, 6.45) is 5.29. The third-order valence-corrected chi connectivity index (χ3v) is 3.54. The van der Waals surface area contributed by atoms with Crippen LogP contribution in [0.5, 0.6) is 0 Å². The topological polar surface area (TPSA) is 0 Å². The molecule has 1 aromatic rings. The molecule has 15 heavy (non-hydrogen) atoms. The highest BCUT2D eigenvalue weighted by atomic mass is 79.9. The number of rotatable bonds is 6. The maximum Gasteiger partial charge on any atom is 0.0186 e. The van der Waals surface area contributed by atoms with Gasteiger partial charge in [-0.15, -0.1) is 0 Å². The van der Waals surface area contributed by atoms with Crippen molar-refractivity contribution in [3.63, 3.8) is 0 Å². The summed E-state index contributed by atoms with van der Waals surface area (Å²) in [6, 6.07) is 10.9. The van der Waals surface area contributed by atoms with Gasteiger partial charge in [0, 0.05) is 4.83 Å². The van der Waals surface area contributed by atoms with E-state index >= 15 is 0 Å². The molecule has 1 rings (SSSR count). The molecule has 0 radical (unpaired) electrons. The Hall–Kier alpha value is -0.300. The average Bonchev–Trinajstić information content (AvgIpc) is 2.25. The SMILES string of the molecule is CCCCCC(c1ccccc1)C(C)Br. The van der Waals surface area contributed by atoms with Crippen LogP contribution >= 0.6 is 15.9 Å². The second-order valence-corrected chi connectivity index (χ2v) is 5.63. The first-order valence-electron chi connectivity index (χ1n) is 5.94. The van der Waals surface area contributed by atoms with Gasteiger partial charge in [-0.05, 0) is 17.9 Å². The molecule has 0 aliphatic carbocycles. The maximum absolute atomic E-state index is 3.73. The maximum atomic E-state index is 3.73. The summed E-state index contributed by atoms with van der Waals surface area (Å²) in [7, 11) is 0. The van der Waals surface area contributed by atoms with Crippen LogP contribution in [0.3, 0.4) is 0 Å². The molecule has 0 aliphatic heterocycles. The molecule has 0 amide bonds. The Morgan fingerprint density at radius 2 is 1.80 bits per heavy atom. The van der Waals surface area contributed by atoms with Gasteiger partial charge in [0.05, 0.1) is 0 Å². The van der Waals surface area contributed by atoms with Gasteiger partial charge in [0.2, 0.25) is 0 Å². The van der Waals surface area contributed by atoms with E-state index in [1.54, 1.807) is 0 Å². The van der Waals surface area contributed by atoms with E-state index in [4.69, 9.17) is 0 Å². The van der Waals surface area contributed by atoms with Crippen LogP contribution in [0.4, 0.5) is 0 Å². The van der Waals surface area contributed by atoms with Crippen LogP contribution in [0.25, 0.3) is 0 Å². The van der Waals surface area contributed by atoms with Crippen molar-refractivity contribution < 1.29 is 0 Å². The molecule has 0 aliphatic rings. The second kappa shape index (κ2) is 7.05. The van der Waals surface area contributed by atoms with E-state index in [0.29, 0.717) is 10.7 Å². The van der Waals surface area contributed by atoms with Crippen LogP contribution in [-0.2, 0) is 0 Å². The van der Waals surface area contributed by atoms with Crippen LogP contribution in [0.1, 0.15) is 51.0 Å². The number of alkyl halides is 1. The molecule has 1 heteroatoms. The first-order chi connectivity index (χ1) is 7.25. The minimum absolute atomic E-state index is 0.566. The third-order valence-electron chi connectivity index (χ3n) is 2.90. The van der Waals surface area contributed by atoms with Crippen molar-refractivity contribution in [2.45, 2.75) is 50.3 Å². The monoisotopic (exact) mass is 268 g/mol. The zero-order valence-electron chi connectivity index (χ0n) is 9.75. The lowest BCUT2D eigenvalue weighted by atomic mass is 9.91. The molecule has 0 spiro atoms. The molecule has 0 N–H and O–H groups in total. The van der Waals surface area contributed by atoms with E-state index in [2.05, 4.69) is 60.1 Å². The summed E-state index contributed by atoms with van der Waals surface area (Å²) in [4.78, 5) is 0.566. The van der Waals surface area contributed by atoms with Crippen molar-refractivity contribution in [3.05, 3.63) is 35.9 Å². The number of hydrogen-bond acceptors (Lipinski definition) is 0. The Bertz CT molecular complexity index is 253. The fourth-order valence-electron chi connectivity index (χ4n) is 1.98. The molecule has 0 nitrogen and oxygen atoms in total. The van der Waals surface area contributed by atoms with Crippen LogP contribution in [0.2, 0.25) is 0 Å². The van der Waals surface area contributed by atoms with Crippen LogP contribution in [0, 0.1) is 0 Å². The van der Waals surface area contributed by atoms with Crippen LogP contribution in [-0.4, -0.2) is 4.83 Å². The summed E-state index contributed by atoms with van der Waals surface area (Å²) in [5, 5.41) is 0. The molecule has 0 saturated carbocycles. The fourth-order valence-corrected chi connectivity index (χ4v) is 2.55. The van der Waals surface area contributed by atoms with Crippen LogP contribution in [0.15, 0.2) is 30.3 Å².